The number of carbonyl (C=O) groups is 3. The fourth-order valence-corrected chi connectivity index (χ4v) is 4.06. The number of ether oxygens (including phenoxy) is 1. The second kappa shape index (κ2) is 12.4. The van der Waals surface area contributed by atoms with Crippen molar-refractivity contribution >= 4 is 30.3 Å². The molecule has 0 saturated carbocycles. The van der Waals surface area contributed by atoms with E-state index >= 15 is 0 Å². The van der Waals surface area contributed by atoms with Crippen LogP contribution in [0.3, 0.4) is 0 Å². The third kappa shape index (κ3) is 6.79. The molecule has 8 heteroatoms. The van der Waals surface area contributed by atoms with Gasteiger partial charge in [-0.2, -0.15) is 0 Å². The molecule has 2 aromatic carbocycles. The number of fused-ring (bicyclic) bond motifs is 1. The van der Waals surface area contributed by atoms with Crippen LogP contribution in [0, 0.1) is 0 Å². The normalized spacial score (nSPS) is 16.7. The molecule has 0 radical (unpaired) electrons. The molecule has 7 nitrogen and oxygen atoms in total. The molecule has 178 valence electrons. The highest BCUT2D eigenvalue weighted by molar-refractivity contribution is 5.88. The standard InChI is InChI=1S/C25H30N2O5.ClH/c1-3-32-25(31)21(14-13-18-9-5-4-6-10-18)26-17(2)23(28)27-16-20-12-8-7-11-19(20)15-22(27)24(29)30;/h4-12,17,21-22,26H,3,13-16H2,1-2H3,(H,29,30);1H/t17-,21-,22+;/m1./s1. The van der Waals surface area contributed by atoms with E-state index in [1.165, 1.54) is 4.90 Å². The molecule has 3 rings (SSSR count). The van der Waals surface area contributed by atoms with Crippen molar-refractivity contribution in [2.75, 3.05) is 6.61 Å². The van der Waals surface area contributed by atoms with Gasteiger partial charge in [-0.3, -0.25) is 14.9 Å². The second-order valence-corrected chi connectivity index (χ2v) is 8.01. The summed E-state index contributed by atoms with van der Waals surface area (Å²) in [4.78, 5) is 39.1. The number of amides is 1. The van der Waals surface area contributed by atoms with Crippen molar-refractivity contribution in [2.45, 2.75) is 57.8 Å². The summed E-state index contributed by atoms with van der Waals surface area (Å²) in [7, 11) is 0. The van der Waals surface area contributed by atoms with Crippen LogP contribution < -0.4 is 5.32 Å². The number of carbonyl (C=O) groups excluding carboxylic acids is 2. The molecule has 1 aliphatic rings. The van der Waals surface area contributed by atoms with E-state index in [0.717, 1.165) is 16.7 Å². The topological polar surface area (TPSA) is 95.9 Å². The number of esters is 1. The molecule has 0 bridgehead atoms. The maximum atomic E-state index is 13.3. The highest BCUT2D eigenvalue weighted by atomic mass is 35.5. The maximum Gasteiger partial charge on any atom is 0.326 e. The van der Waals surface area contributed by atoms with Gasteiger partial charge in [-0.25, -0.2) is 4.79 Å². The first-order valence-electron chi connectivity index (χ1n) is 11.0. The summed E-state index contributed by atoms with van der Waals surface area (Å²) < 4.78 is 5.20. The first kappa shape index (κ1) is 26.4. The lowest BCUT2D eigenvalue weighted by Gasteiger charge is -2.36. The molecule has 1 aliphatic heterocycles. The van der Waals surface area contributed by atoms with E-state index < -0.39 is 30.1 Å². The fraction of sp³-hybridized carbons (Fsp3) is 0.400. The van der Waals surface area contributed by atoms with E-state index in [0.29, 0.717) is 12.8 Å². The Morgan fingerprint density at radius 2 is 1.73 bits per heavy atom. The third-order valence-corrected chi connectivity index (χ3v) is 5.77. The van der Waals surface area contributed by atoms with Crippen molar-refractivity contribution in [1.29, 1.82) is 0 Å². The van der Waals surface area contributed by atoms with Crippen molar-refractivity contribution in [3.05, 3.63) is 71.3 Å². The lowest BCUT2D eigenvalue weighted by molar-refractivity contribution is -0.153. The molecule has 1 heterocycles. The number of hydrogen-bond donors (Lipinski definition) is 2. The summed E-state index contributed by atoms with van der Waals surface area (Å²) in [5.41, 5.74) is 2.97. The smallest absolute Gasteiger partial charge is 0.326 e. The molecule has 0 aromatic heterocycles. The van der Waals surface area contributed by atoms with Gasteiger partial charge in [-0.05, 0) is 43.4 Å². The minimum atomic E-state index is -1.04. The molecule has 2 N–H and O–H groups in total. The first-order chi connectivity index (χ1) is 15.4. The lowest BCUT2D eigenvalue weighted by atomic mass is 9.93. The predicted molar refractivity (Wildman–Crippen MR) is 127 cm³/mol. The monoisotopic (exact) mass is 474 g/mol. The Balaban J connectivity index is 0.00000385. The van der Waals surface area contributed by atoms with Crippen molar-refractivity contribution in [3.63, 3.8) is 0 Å². The van der Waals surface area contributed by atoms with Crippen LogP contribution in [0.5, 0.6) is 0 Å². The Kier molecular flexibility index (Phi) is 9.88. The summed E-state index contributed by atoms with van der Waals surface area (Å²) in [5.74, 6) is -1.80. The molecular weight excluding hydrogens is 444 g/mol. The van der Waals surface area contributed by atoms with Gasteiger partial charge < -0.3 is 14.7 Å². The lowest BCUT2D eigenvalue weighted by Crippen LogP contribution is -2.56. The number of nitrogens with zero attached hydrogens (tertiary/aromatic N) is 1. The SMILES string of the molecule is CCOC(=O)[C@@H](CCc1ccccc1)N[C@H](C)C(=O)N1Cc2ccccc2C[C@H]1C(=O)O.Cl. The molecule has 33 heavy (non-hydrogen) atoms. The molecular formula is C25H31ClN2O5. The van der Waals surface area contributed by atoms with Crippen LogP contribution in [-0.2, 0) is 38.5 Å². The predicted octanol–water partition coefficient (Wildman–Crippen LogP) is 2.99. The zero-order valence-electron chi connectivity index (χ0n) is 18.9. The van der Waals surface area contributed by atoms with Gasteiger partial charge in [0.15, 0.2) is 0 Å². The molecule has 0 fully saturated rings. The molecule has 3 atom stereocenters. The Morgan fingerprint density at radius 3 is 2.36 bits per heavy atom. The van der Waals surface area contributed by atoms with Crippen molar-refractivity contribution in [1.82, 2.24) is 10.2 Å². The van der Waals surface area contributed by atoms with Crippen LogP contribution in [0.2, 0.25) is 0 Å². The summed E-state index contributed by atoms with van der Waals surface area (Å²) in [5, 5.41) is 12.8. The number of benzene rings is 2. The van der Waals surface area contributed by atoms with Crippen LogP contribution >= 0.6 is 12.4 Å². The van der Waals surface area contributed by atoms with E-state index in [2.05, 4.69) is 5.32 Å². The van der Waals surface area contributed by atoms with Gasteiger partial charge in [0.05, 0.1) is 12.6 Å². The highest BCUT2D eigenvalue weighted by Crippen LogP contribution is 2.24. The van der Waals surface area contributed by atoms with Crippen LogP contribution in [0.25, 0.3) is 0 Å². The van der Waals surface area contributed by atoms with Crippen molar-refractivity contribution < 1.29 is 24.2 Å². The third-order valence-electron chi connectivity index (χ3n) is 5.77. The summed E-state index contributed by atoms with van der Waals surface area (Å²) in [6.45, 7) is 3.88. The fourth-order valence-electron chi connectivity index (χ4n) is 4.06. The van der Waals surface area contributed by atoms with E-state index in [4.69, 9.17) is 4.74 Å². The number of aliphatic carboxylic acids is 1. The molecule has 0 saturated heterocycles. The van der Waals surface area contributed by atoms with E-state index in [9.17, 15) is 19.5 Å². The van der Waals surface area contributed by atoms with E-state index in [1.54, 1.807) is 13.8 Å². The molecule has 0 aliphatic carbocycles. The van der Waals surface area contributed by atoms with Crippen LogP contribution in [0.1, 0.15) is 37.0 Å². The zero-order chi connectivity index (χ0) is 23.1. The molecule has 1 amide bonds. The number of carboxylic acids is 1. The molecule has 0 unspecified atom stereocenters. The minimum absolute atomic E-state index is 0. The number of nitrogens with one attached hydrogen (secondary N) is 1. The molecule has 2 aromatic rings. The minimum Gasteiger partial charge on any atom is -0.480 e. The number of rotatable bonds is 9. The quantitative estimate of drug-likeness (QED) is 0.542. The Hall–Kier alpha value is -2.90. The Morgan fingerprint density at radius 1 is 1.09 bits per heavy atom. The number of carboxylic acid groups (broad SMARTS) is 1. The Bertz CT molecular complexity index is 953. The average Bonchev–Trinajstić information content (AvgIpc) is 2.80. The van der Waals surface area contributed by atoms with Crippen molar-refractivity contribution in [2.24, 2.45) is 0 Å². The van der Waals surface area contributed by atoms with Gasteiger partial charge in [0, 0.05) is 13.0 Å². The van der Waals surface area contributed by atoms with Gasteiger partial charge in [0.1, 0.15) is 12.1 Å². The number of halogens is 1. The average molecular weight is 475 g/mol. The number of hydrogen-bond acceptors (Lipinski definition) is 5. The maximum absolute atomic E-state index is 13.3. The summed E-state index contributed by atoms with van der Waals surface area (Å²) >= 11 is 0. The largest absolute Gasteiger partial charge is 0.480 e. The highest BCUT2D eigenvalue weighted by Gasteiger charge is 2.37. The van der Waals surface area contributed by atoms with E-state index in [1.807, 2.05) is 54.6 Å². The van der Waals surface area contributed by atoms with Crippen molar-refractivity contribution in [3.8, 4) is 0 Å². The van der Waals surface area contributed by atoms with Gasteiger partial charge in [-0.15, -0.1) is 12.4 Å². The van der Waals surface area contributed by atoms with Gasteiger partial charge in [0.25, 0.3) is 0 Å². The zero-order valence-corrected chi connectivity index (χ0v) is 19.7. The molecule has 0 spiro atoms. The van der Waals surface area contributed by atoms with Gasteiger partial charge in [-0.1, -0.05) is 54.6 Å². The van der Waals surface area contributed by atoms with Gasteiger partial charge in [0.2, 0.25) is 5.91 Å². The Labute approximate surface area is 200 Å². The first-order valence-corrected chi connectivity index (χ1v) is 11.0. The summed E-state index contributed by atoms with van der Waals surface area (Å²) in [6.07, 6.45) is 1.37. The summed E-state index contributed by atoms with van der Waals surface area (Å²) in [6, 6.07) is 15.0. The van der Waals surface area contributed by atoms with Gasteiger partial charge >= 0.3 is 11.9 Å². The van der Waals surface area contributed by atoms with Crippen LogP contribution in [-0.4, -0.2) is 52.6 Å². The van der Waals surface area contributed by atoms with Crippen LogP contribution in [0.4, 0.5) is 0 Å². The second-order valence-electron chi connectivity index (χ2n) is 8.01. The van der Waals surface area contributed by atoms with Crippen LogP contribution in [0.15, 0.2) is 54.6 Å². The number of aryl methyl sites for hydroxylation is 1. The van der Waals surface area contributed by atoms with E-state index in [-0.39, 0.29) is 37.9 Å².